The van der Waals surface area contributed by atoms with Crippen LogP contribution in [0.5, 0.6) is 0 Å². The summed E-state index contributed by atoms with van der Waals surface area (Å²) in [6.45, 7) is 1.95. The predicted molar refractivity (Wildman–Crippen MR) is 101 cm³/mol. The van der Waals surface area contributed by atoms with Crippen LogP contribution in [0.1, 0.15) is 52.9 Å². The molecule has 4 rings (SSSR count). The van der Waals surface area contributed by atoms with Crippen LogP contribution in [0.2, 0.25) is 0 Å². The Morgan fingerprint density at radius 1 is 1.27 bits per heavy atom. The van der Waals surface area contributed by atoms with Crippen LogP contribution in [0.25, 0.3) is 0 Å². The Kier molecular flexibility index (Phi) is 4.45. The second kappa shape index (κ2) is 6.90. The Morgan fingerprint density at radius 2 is 2.12 bits per heavy atom. The van der Waals surface area contributed by atoms with Gasteiger partial charge in [-0.05, 0) is 61.1 Å². The number of pyridine rings is 1. The number of amides is 2. The molecule has 0 bridgehead atoms. The second-order valence-corrected chi connectivity index (χ2v) is 7.37. The summed E-state index contributed by atoms with van der Waals surface area (Å²) >= 11 is 0. The van der Waals surface area contributed by atoms with E-state index in [9.17, 15) is 9.59 Å². The molecule has 2 aliphatic rings. The summed E-state index contributed by atoms with van der Waals surface area (Å²) in [5.74, 6) is 0.647. The van der Waals surface area contributed by atoms with Gasteiger partial charge in [0, 0.05) is 35.2 Å². The summed E-state index contributed by atoms with van der Waals surface area (Å²) in [6, 6.07) is 7.51. The maximum atomic E-state index is 12.7. The van der Waals surface area contributed by atoms with Crippen molar-refractivity contribution in [2.45, 2.75) is 45.4 Å². The van der Waals surface area contributed by atoms with E-state index in [-0.39, 0.29) is 11.8 Å². The Hall–Kier alpha value is -2.69. The van der Waals surface area contributed by atoms with Gasteiger partial charge in [0.05, 0.1) is 0 Å². The van der Waals surface area contributed by atoms with Crippen molar-refractivity contribution in [3.8, 4) is 0 Å². The Balaban J connectivity index is 1.50. The molecule has 134 valence electrons. The molecule has 1 aromatic carbocycles. The molecular weight excluding hydrogens is 326 g/mol. The van der Waals surface area contributed by atoms with E-state index in [1.54, 1.807) is 12.3 Å². The summed E-state index contributed by atoms with van der Waals surface area (Å²) in [5, 5.41) is 5.91. The van der Waals surface area contributed by atoms with Gasteiger partial charge in [0.25, 0.3) is 5.91 Å². The molecule has 2 aromatic rings. The van der Waals surface area contributed by atoms with Crippen LogP contribution in [-0.4, -0.2) is 16.8 Å². The number of carbonyl (C=O) groups excluding carboxylic acids is 2. The Labute approximate surface area is 153 Å². The molecule has 2 N–H and O–H groups in total. The quantitative estimate of drug-likeness (QED) is 0.880. The SMILES string of the molecule is Cc1cc(NC(=O)c2ccnc(CC3CCC3)c2)cc2c1NC(=O)CC2. The summed E-state index contributed by atoms with van der Waals surface area (Å²) in [6.07, 6.45) is 7.70. The lowest BCUT2D eigenvalue weighted by molar-refractivity contribution is -0.116. The minimum atomic E-state index is -0.124. The van der Waals surface area contributed by atoms with E-state index in [1.165, 1.54) is 19.3 Å². The van der Waals surface area contributed by atoms with Crippen molar-refractivity contribution in [2.24, 2.45) is 5.92 Å². The zero-order chi connectivity index (χ0) is 18.1. The lowest BCUT2D eigenvalue weighted by Gasteiger charge is -2.24. The van der Waals surface area contributed by atoms with E-state index in [2.05, 4.69) is 15.6 Å². The molecule has 1 aliphatic heterocycles. The van der Waals surface area contributed by atoms with Gasteiger partial charge in [0.15, 0.2) is 0 Å². The van der Waals surface area contributed by atoms with Crippen molar-refractivity contribution < 1.29 is 9.59 Å². The van der Waals surface area contributed by atoms with Gasteiger partial charge in [0.1, 0.15) is 0 Å². The molecule has 1 fully saturated rings. The molecule has 0 radical (unpaired) electrons. The van der Waals surface area contributed by atoms with Crippen molar-refractivity contribution in [1.82, 2.24) is 4.98 Å². The first-order chi connectivity index (χ1) is 12.6. The highest BCUT2D eigenvalue weighted by Crippen LogP contribution is 2.31. The van der Waals surface area contributed by atoms with E-state index in [4.69, 9.17) is 0 Å². The topological polar surface area (TPSA) is 71.1 Å². The van der Waals surface area contributed by atoms with Gasteiger partial charge < -0.3 is 10.6 Å². The highest BCUT2D eigenvalue weighted by atomic mass is 16.2. The fourth-order valence-electron chi connectivity index (χ4n) is 3.69. The fourth-order valence-corrected chi connectivity index (χ4v) is 3.69. The van der Waals surface area contributed by atoms with Crippen molar-refractivity contribution in [2.75, 3.05) is 10.6 Å². The summed E-state index contributed by atoms with van der Waals surface area (Å²) in [5.41, 5.74) is 5.31. The zero-order valence-corrected chi connectivity index (χ0v) is 15.0. The number of benzene rings is 1. The van der Waals surface area contributed by atoms with Gasteiger partial charge in [-0.2, -0.15) is 0 Å². The first-order valence-corrected chi connectivity index (χ1v) is 9.28. The number of hydrogen-bond acceptors (Lipinski definition) is 3. The number of nitrogens with zero attached hydrogens (tertiary/aromatic N) is 1. The third kappa shape index (κ3) is 3.47. The van der Waals surface area contributed by atoms with Crippen LogP contribution in [-0.2, 0) is 17.6 Å². The van der Waals surface area contributed by atoms with Crippen LogP contribution in [0.3, 0.4) is 0 Å². The lowest BCUT2D eigenvalue weighted by atomic mass is 9.82. The molecule has 26 heavy (non-hydrogen) atoms. The second-order valence-electron chi connectivity index (χ2n) is 7.37. The van der Waals surface area contributed by atoms with Crippen LogP contribution in [0.15, 0.2) is 30.5 Å². The minimum absolute atomic E-state index is 0.0492. The number of aromatic nitrogens is 1. The van der Waals surface area contributed by atoms with E-state index < -0.39 is 0 Å². The number of fused-ring (bicyclic) bond motifs is 1. The van der Waals surface area contributed by atoms with Crippen LogP contribution in [0, 0.1) is 12.8 Å². The number of rotatable bonds is 4. The van der Waals surface area contributed by atoms with Crippen LogP contribution in [0.4, 0.5) is 11.4 Å². The smallest absolute Gasteiger partial charge is 0.255 e. The maximum absolute atomic E-state index is 12.7. The maximum Gasteiger partial charge on any atom is 0.255 e. The van der Waals surface area contributed by atoms with Crippen molar-refractivity contribution in [3.05, 3.63) is 52.8 Å². The molecule has 0 atom stereocenters. The number of aryl methyl sites for hydroxylation is 2. The summed E-state index contributed by atoms with van der Waals surface area (Å²) in [4.78, 5) is 28.6. The molecular formula is C21H23N3O2. The third-order valence-electron chi connectivity index (χ3n) is 5.36. The van der Waals surface area contributed by atoms with E-state index in [0.717, 1.165) is 40.5 Å². The highest BCUT2D eigenvalue weighted by Gasteiger charge is 2.20. The minimum Gasteiger partial charge on any atom is -0.326 e. The highest BCUT2D eigenvalue weighted by molar-refractivity contribution is 6.05. The predicted octanol–water partition coefficient (Wildman–Crippen LogP) is 3.87. The van der Waals surface area contributed by atoms with E-state index >= 15 is 0 Å². The average Bonchev–Trinajstić information content (AvgIpc) is 2.59. The van der Waals surface area contributed by atoms with Gasteiger partial charge in [0.2, 0.25) is 5.91 Å². The average molecular weight is 349 g/mol. The Bertz CT molecular complexity index is 872. The zero-order valence-electron chi connectivity index (χ0n) is 15.0. The molecule has 1 aliphatic carbocycles. The summed E-state index contributed by atoms with van der Waals surface area (Å²) in [7, 11) is 0. The summed E-state index contributed by atoms with van der Waals surface area (Å²) < 4.78 is 0. The number of anilines is 2. The van der Waals surface area contributed by atoms with Crippen molar-refractivity contribution in [1.29, 1.82) is 0 Å². The van der Waals surface area contributed by atoms with Gasteiger partial charge in [-0.15, -0.1) is 0 Å². The first-order valence-electron chi connectivity index (χ1n) is 9.28. The molecule has 1 saturated carbocycles. The Morgan fingerprint density at radius 3 is 2.88 bits per heavy atom. The van der Waals surface area contributed by atoms with Gasteiger partial charge in [-0.1, -0.05) is 19.3 Å². The number of nitrogens with one attached hydrogen (secondary N) is 2. The van der Waals surface area contributed by atoms with Gasteiger partial charge in [-0.3, -0.25) is 14.6 Å². The first kappa shape index (κ1) is 16.8. The monoisotopic (exact) mass is 349 g/mol. The molecule has 0 unspecified atom stereocenters. The molecule has 5 nitrogen and oxygen atoms in total. The molecule has 2 heterocycles. The standard InChI is InChI=1S/C21H23N3O2/c1-13-9-18(11-15-5-6-19(25)24-20(13)15)23-21(26)16-7-8-22-17(12-16)10-14-3-2-4-14/h7-9,11-12,14H,2-6,10H2,1H3,(H,23,26)(H,24,25). The van der Waals surface area contributed by atoms with E-state index in [0.29, 0.717) is 18.4 Å². The largest absolute Gasteiger partial charge is 0.326 e. The fraction of sp³-hybridized carbons (Fsp3) is 0.381. The molecule has 5 heteroatoms. The molecule has 1 aromatic heterocycles. The van der Waals surface area contributed by atoms with Crippen molar-refractivity contribution >= 4 is 23.2 Å². The van der Waals surface area contributed by atoms with Gasteiger partial charge >= 0.3 is 0 Å². The number of carbonyl (C=O) groups is 2. The van der Waals surface area contributed by atoms with Crippen molar-refractivity contribution in [3.63, 3.8) is 0 Å². The molecule has 0 spiro atoms. The third-order valence-corrected chi connectivity index (χ3v) is 5.36. The number of hydrogen-bond donors (Lipinski definition) is 2. The molecule has 0 saturated heterocycles. The molecule has 2 amide bonds. The normalized spacial score (nSPS) is 16.4. The van der Waals surface area contributed by atoms with E-state index in [1.807, 2.05) is 25.1 Å². The lowest BCUT2D eigenvalue weighted by Crippen LogP contribution is -2.21. The van der Waals surface area contributed by atoms with Crippen LogP contribution < -0.4 is 10.6 Å². The van der Waals surface area contributed by atoms with Crippen LogP contribution >= 0.6 is 0 Å². The van der Waals surface area contributed by atoms with Gasteiger partial charge in [-0.25, -0.2) is 0 Å².